The molecule has 20 heavy (non-hydrogen) atoms. The Kier molecular flexibility index (Phi) is 3.29. The molecule has 0 amide bonds. The van der Waals surface area contributed by atoms with E-state index in [9.17, 15) is 4.39 Å². The zero-order valence-corrected chi connectivity index (χ0v) is 11.1. The Bertz CT molecular complexity index is 736. The molecule has 0 fully saturated rings. The predicted molar refractivity (Wildman–Crippen MR) is 78.6 cm³/mol. The summed E-state index contributed by atoms with van der Waals surface area (Å²) in [5.41, 5.74) is 3.06. The second-order valence-corrected chi connectivity index (χ2v) is 4.55. The van der Waals surface area contributed by atoms with Crippen LogP contribution < -0.4 is 10.1 Å². The molecule has 3 rings (SSSR count). The van der Waals surface area contributed by atoms with Crippen molar-refractivity contribution in [1.29, 1.82) is 0 Å². The molecule has 1 heterocycles. The number of H-pyrrole nitrogens is 1. The Morgan fingerprint density at radius 1 is 1.20 bits per heavy atom. The average Bonchev–Trinajstić information content (AvgIpc) is 2.94. The lowest BCUT2D eigenvalue weighted by atomic mass is 10.1. The van der Waals surface area contributed by atoms with Crippen LogP contribution in [0.3, 0.4) is 0 Å². The number of aromatic amines is 1. The minimum Gasteiger partial charge on any atom is -0.494 e. The van der Waals surface area contributed by atoms with Crippen LogP contribution in [0.25, 0.3) is 10.9 Å². The molecular formula is C16H15FN2O. The highest BCUT2D eigenvalue weighted by Crippen LogP contribution is 2.26. The fourth-order valence-corrected chi connectivity index (χ4v) is 2.31. The van der Waals surface area contributed by atoms with Crippen LogP contribution in [-0.2, 0) is 6.54 Å². The van der Waals surface area contributed by atoms with E-state index in [2.05, 4.69) is 16.4 Å². The molecule has 0 bridgehead atoms. The zero-order valence-electron chi connectivity index (χ0n) is 11.1. The van der Waals surface area contributed by atoms with Gasteiger partial charge in [-0.1, -0.05) is 12.1 Å². The summed E-state index contributed by atoms with van der Waals surface area (Å²) in [6.07, 6.45) is 1.92. The van der Waals surface area contributed by atoms with Crippen LogP contribution in [0, 0.1) is 5.82 Å². The van der Waals surface area contributed by atoms with Crippen molar-refractivity contribution in [3.63, 3.8) is 0 Å². The Morgan fingerprint density at radius 2 is 2.10 bits per heavy atom. The van der Waals surface area contributed by atoms with Gasteiger partial charge in [-0.15, -0.1) is 0 Å². The number of nitrogens with one attached hydrogen (secondary N) is 2. The molecular weight excluding hydrogens is 255 g/mol. The van der Waals surface area contributed by atoms with Crippen molar-refractivity contribution in [2.24, 2.45) is 0 Å². The molecule has 1 aromatic heterocycles. The molecule has 0 aliphatic carbocycles. The number of methoxy groups -OCH3 is 1. The summed E-state index contributed by atoms with van der Waals surface area (Å²) in [4.78, 5) is 3.19. The normalized spacial score (nSPS) is 10.7. The Hall–Kier alpha value is -2.49. The number of anilines is 1. The number of rotatable bonds is 4. The third-order valence-electron chi connectivity index (χ3n) is 3.32. The van der Waals surface area contributed by atoms with Gasteiger partial charge >= 0.3 is 0 Å². The maximum Gasteiger partial charge on any atom is 0.144 e. The van der Waals surface area contributed by atoms with Gasteiger partial charge in [0.15, 0.2) is 0 Å². The van der Waals surface area contributed by atoms with Crippen LogP contribution in [-0.4, -0.2) is 12.1 Å². The molecule has 0 aliphatic rings. The lowest BCUT2D eigenvalue weighted by Crippen LogP contribution is -2.02. The van der Waals surface area contributed by atoms with E-state index < -0.39 is 0 Å². The quantitative estimate of drug-likeness (QED) is 0.753. The van der Waals surface area contributed by atoms with Crippen LogP contribution in [0.5, 0.6) is 5.75 Å². The molecule has 4 heteroatoms. The minimum atomic E-state index is -0.305. The Balaban J connectivity index is 1.84. The second-order valence-electron chi connectivity index (χ2n) is 4.55. The number of aromatic nitrogens is 1. The summed E-state index contributed by atoms with van der Waals surface area (Å²) in [6.45, 7) is 0.650. The molecule has 0 atom stereocenters. The lowest BCUT2D eigenvalue weighted by Gasteiger charge is -2.11. The maximum atomic E-state index is 13.2. The number of benzene rings is 2. The molecule has 3 nitrogen and oxygen atoms in total. The van der Waals surface area contributed by atoms with E-state index in [0.717, 1.165) is 11.2 Å². The van der Waals surface area contributed by atoms with E-state index >= 15 is 0 Å². The molecule has 0 spiro atoms. The van der Waals surface area contributed by atoms with Crippen molar-refractivity contribution in [2.75, 3.05) is 12.4 Å². The SMILES string of the molecule is COc1cc(F)ccc1NCc1cccc2[nH]ccc12. The van der Waals surface area contributed by atoms with E-state index in [1.807, 2.05) is 24.4 Å². The highest BCUT2D eigenvalue weighted by Gasteiger charge is 2.06. The summed E-state index contributed by atoms with van der Waals surface area (Å²) in [7, 11) is 1.53. The van der Waals surface area contributed by atoms with E-state index in [-0.39, 0.29) is 5.82 Å². The summed E-state index contributed by atoms with van der Waals surface area (Å²) in [6, 6.07) is 12.6. The summed E-state index contributed by atoms with van der Waals surface area (Å²) >= 11 is 0. The van der Waals surface area contributed by atoms with Gasteiger partial charge in [-0.25, -0.2) is 4.39 Å². The smallest absolute Gasteiger partial charge is 0.144 e. The highest BCUT2D eigenvalue weighted by molar-refractivity contribution is 5.83. The topological polar surface area (TPSA) is 37.0 Å². The minimum absolute atomic E-state index is 0.305. The molecule has 2 N–H and O–H groups in total. The van der Waals surface area contributed by atoms with Crippen molar-refractivity contribution in [1.82, 2.24) is 4.98 Å². The van der Waals surface area contributed by atoms with Gasteiger partial charge in [-0.3, -0.25) is 0 Å². The third kappa shape index (κ3) is 2.32. The monoisotopic (exact) mass is 270 g/mol. The maximum absolute atomic E-state index is 13.2. The molecule has 0 unspecified atom stereocenters. The largest absolute Gasteiger partial charge is 0.494 e. The van der Waals surface area contributed by atoms with Crippen LogP contribution >= 0.6 is 0 Å². The van der Waals surface area contributed by atoms with Crippen molar-refractivity contribution >= 4 is 16.6 Å². The number of fused-ring (bicyclic) bond motifs is 1. The predicted octanol–water partition coefficient (Wildman–Crippen LogP) is 3.93. The standard InChI is InChI=1S/C16H15FN2O/c1-20-16-9-12(17)5-6-15(16)19-10-11-3-2-4-14-13(11)7-8-18-14/h2-9,18-19H,10H2,1H3. The van der Waals surface area contributed by atoms with Gasteiger partial charge in [0.05, 0.1) is 12.8 Å². The van der Waals surface area contributed by atoms with Crippen molar-refractivity contribution < 1.29 is 9.13 Å². The number of hydrogen-bond donors (Lipinski definition) is 2. The third-order valence-corrected chi connectivity index (χ3v) is 3.32. The fraction of sp³-hybridized carbons (Fsp3) is 0.125. The van der Waals surface area contributed by atoms with Crippen LogP contribution in [0.4, 0.5) is 10.1 Å². The summed E-state index contributed by atoms with van der Waals surface area (Å²) < 4.78 is 18.3. The van der Waals surface area contributed by atoms with Crippen LogP contribution in [0.1, 0.15) is 5.56 Å². The van der Waals surface area contributed by atoms with Gasteiger partial charge in [-0.2, -0.15) is 0 Å². The van der Waals surface area contributed by atoms with Crippen molar-refractivity contribution in [3.8, 4) is 5.75 Å². The summed E-state index contributed by atoms with van der Waals surface area (Å²) in [5, 5.41) is 4.47. The molecule has 0 saturated carbocycles. The van der Waals surface area contributed by atoms with Crippen LogP contribution in [0.2, 0.25) is 0 Å². The van der Waals surface area contributed by atoms with E-state index in [0.29, 0.717) is 12.3 Å². The lowest BCUT2D eigenvalue weighted by molar-refractivity contribution is 0.413. The Morgan fingerprint density at radius 3 is 2.95 bits per heavy atom. The molecule has 3 aromatic rings. The molecule has 2 aromatic carbocycles. The van der Waals surface area contributed by atoms with E-state index in [1.54, 1.807) is 6.07 Å². The first kappa shape index (κ1) is 12.5. The van der Waals surface area contributed by atoms with Gasteiger partial charge in [0.2, 0.25) is 0 Å². The van der Waals surface area contributed by atoms with Gasteiger partial charge < -0.3 is 15.0 Å². The van der Waals surface area contributed by atoms with E-state index in [1.165, 1.54) is 30.2 Å². The molecule has 0 saturated heterocycles. The van der Waals surface area contributed by atoms with Crippen molar-refractivity contribution in [2.45, 2.75) is 6.54 Å². The van der Waals surface area contributed by atoms with Gasteiger partial charge in [0.25, 0.3) is 0 Å². The first-order chi connectivity index (χ1) is 9.78. The van der Waals surface area contributed by atoms with Crippen molar-refractivity contribution in [3.05, 3.63) is 60.0 Å². The molecule has 0 aliphatic heterocycles. The fourth-order valence-electron chi connectivity index (χ4n) is 2.31. The highest BCUT2D eigenvalue weighted by atomic mass is 19.1. The number of ether oxygens (including phenoxy) is 1. The van der Waals surface area contributed by atoms with E-state index in [4.69, 9.17) is 4.74 Å². The zero-order chi connectivity index (χ0) is 13.9. The Labute approximate surface area is 116 Å². The summed E-state index contributed by atoms with van der Waals surface area (Å²) in [5.74, 6) is 0.200. The number of halogens is 1. The second kappa shape index (κ2) is 5.25. The first-order valence-corrected chi connectivity index (χ1v) is 6.40. The first-order valence-electron chi connectivity index (χ1n) is 6.40. The molecule has 0 radical (unpaired) electrons. The average molecular weight is 270 g/mol. The number of hydrogen-bond acceptors (Lipinski definition) is 2. The van der Waals surface area contributed by atoms with Gasteiger partial charge in [0, 0.05) is 29.7 Å². The van der Waals surface area contributed by atoms with Crippen LogP contribution in [0.15, 0.2) is 48.7 Å². The van der Waals surface area contributed by atoms with Gasteiger partial charge in [0.1, 0.15) is 11.6 Å². The molecule has 102 valence electrons. The van der Waals surface area contributed by atoms with Gasteiger partial charge in [-0.05, 0) is 29.8 Å².